The Labute approximate surface area is 130 Å². The highest BCUT2D eigenvalue weighted by molar-refractivity contribution is 7.84. The van der Waals surface area contributed by atoms with Gasteiger partial charge in [0.05, 0.1) is 0 Å². The van der Waals surface area contributed by atoms with Gasteiger partial charge in [0.25, 0.3) is 0 Å². The molecule has 2 N–H and O–H groups in total. The lowest BCUT2D eigenvalue weighted by atomic mass is 9.79. The van der Waals surface area contributed by atoms with Crippen molar-refractivity contribution in [1.82, 2.24) is 10.6 Å². The maximum absolute atomic E-state index is 11.7. The second-order valence-corrected chi connectivity index (χ2v) is 7.59. The van der Waals surface area contributed by atoms with Crippen molar-refractivity contribution in [2.75, 3.05) is 18.6 Å². The van der Waals surface area contributed by atoms with Gasteiger partial charge >= 0.3 is 6.03 Å². The van der Waals surface area contributed by atoms with Crippen LogP contribution in [0.15, 0.2) is 30.3 Å². The Morgan fingerprint density at radius 2 is 1.90 bits per heavy atom. The molecule has 0 aliphatic rings. The van der Waals surface area contributed by atoms with Gasteiger partial charge in [-0.2, -0.15) is 0 Å². The van der Waals surface area contributed by atoms with E-state index in [9.17, 15) is 9.00 Å². The number of nitrogens with one attached hydrogen (secondary N) is 2. The summed E-state index contributed by atoms with van der Waals surface area (Å²) in [6.45, 7) is 6.79. The van der Waals surface area contributed by atoms with Crippen LogP contribution < -0.4 is 10.6 Å². The monoisotopic (exact) mass is 310 g/mol. The van der Waals surface area contributed by atoms with Gasteiger partial charge in [-0.15, -0.1) is 0 Å². The minimum absolute atomic E-state index is 0.00112. The van der Waals surface area contributed by atoms with Crippen LogP contribution in [0.1, 0.15) is 32.8 Å². The summed E-state index contributed by atoms with van der Waals surface area (Å²) >= 11 is 0. The molecule has 1 rings (SSSR count). The van der Waals surface area contributed by atoms with Gasteiger partial charge in [-0.1, -0.05) is 44.2 Å². The molecule has 0 spiro atoms. The first-order valence-corrected chi connectivity index (χ1v) is 8.94. The molecule has 0 aromatic heterocycles. The van der Waals surface area contributed by atoms with Gasteiger partial charge in [0, 0.05) is 35.4 Å². The number of benzene rings is 1. The topological polar surface area (TPSA) is 58.2 Å². The van der Waals surface area contributed by atoms with Gasteiger partial charge in [-0.3, -0.25) is 4.21 Å². The first-order chi connectivity index (χ1) is 9.81. The second-order valence-electron chi connectivity index (χ2n) is 6.03. The molecular formula is C16H26N2O2S. The van der Waals surface area contributed by atoms with Gasteiger partial charge in [-0.05, 0) is 24.3 Å². The highest BCUT2D eigenvalue weighted by atomic mass is 32.2. The smallest absolute Gasteiger partial charge is 0.315 e. The second kappa shape index (κ2) is 8.17. The maximum Gasteiger partial charge on any atom is 0.315 e. The Bertz CT molecular complexity index is 474. The molecule has 21 heavy (non-hydrogen) atoms. The normalized spacial score (nSPS) is 14.3. The van der Waals surface area contributed by atoms with Crippen LogP contribution in [0.5, 0.6) is 0 Å². The molecule has 5 heteroatoms. The van der Waals surface area contributed by atoms with E-state index in [4.69, 9.17) is 0 Å². The molecular weight excluding hydrogens is 284 g/mol. The fourth-order valence-corrected chi connectivity index (χ4v) is 2.80. The predicted molar refractivity (Wildman–Crippen MR) is 89.0 cm³/mol. The summed E-state index contributed by atoms with van der Waals surface area (Å²) in [5, 5.41) is 5.66. The molecule has 0 bridgehead atoms. The number of rotatable bonds is 7. The van der Waals surface area contributed by atoms with E-state index < -0.39 is 10.8 Å². The lowest BCUT2D eigenvalue weighted by molar-refractivity contribution is 0.235. The molecule has 4 nitrogen and oxygen atoms in total. The summed E-state index contributed by atoms with van der Waals surface area (Å²) in [5.74, 6) is 0.483. The minimum Gasteiger partial charge on any atom is -0.337 e. The van der Waals surface area contributed by atoms with Crippen molar-refractivity contribution in [2.45, 2.75) is 38.6 Å². The molecule has 0 radical (unpaired) electrons. The van der Waals surface area contributed by atoms with Gasteiger partial charge in [0.15, 0.2) is 0 Å². The SMILES string of the molecule is CC(CC(C)(C)c1ccccc1)NC(=O)NCCS(C)=O. The third-order valence-corrected chi connectivity index (χ3v) is 4.20. The number of hydrogen-bond donors (Lipinski definition) is 2. The lowest BCUT2D eigenvalue weighted by Gasteiger charge is -2.29. The van der Waals surface area contributed by atoms with Crippen LogP contribution in [0.2, 0.25) is 0 Å². The molecule has 2 atom stereocenters. The van der Waals surface area contributed by atoms with Gasteiger partial charge < -0.3 is 10.6 Å². The van der Waals surface area contributed by atoms with Gasteiger partial charge in [-0.25, -0.2) is 4.79 Å². The summed E-state index contributed by atoms with van der Waals surface area (Å²) < 4.78 is 10.9. The van der Waals surface area contributed by atoms with Gasteiger partial charge in [0.2, 0.25) is 0 Å². The highest BCUT2D eigenvalue weighted by Crippen LogP contribution is 2.27. The Morgan fingerprint density at radius 3 is 2.48 bits per heavy atom. The van der Waals surface area contributed by atoms with E-state index in [1.807, 2.05) is 25.1 Å². The van der Waals surface area contributed by atoms with Crippen LogP contribution in [0.25, 0.3) is 0 Å². The molecule has 0 heterocycles. The Morgan fingerprint density at radius 1 is 1.29 bits per heavy atom. The average molecular weight is 310 g/mol. The Kier molecular flexibility index (Phi) is 6.89. The van der Waals surface area contributed by atoms with E-state index >= 15 is 0 Å². The molecule has 2 amide bonds. The molecule has 1 aromatic rings. The van der Waals surface area contributed by atoms with Crippen molar-refractivity contribution in [3.05, 3.63) is 35.9 Å². The lowest BCUT2D eigenvalue weighted by Crippen LogP contribution is -2.44. The van der Waals surface area contributed by atoms with E-state index in [0.29, 0.717) is 12.3 Å². The molecule has 0 fully saturated rings. The largest absolute Gasteiger partial charge is 0.337 e. The van der Waals surface area contributed by atoms with Crippen molar-refractivity contribution < 1.29 is 9.00 Å². The summed E-state index contributed by atoms with van der Waals surface area (Å²) in [5.41, 5.74) is 1.26. The van der Waals surface area contributed by atoms with Crippen molar-refractivity contribution in [1.29, 1.82) is 0 Å². The zero-order chi connectivity index (χ0) is 15.9. The van der Waals surface area contributed by atoms with Gasteiger partial charge in [0.1, 0.15) is 0 Å². The standard InChI is InChI=1S/C16H26N2O2S/c1-13(18-15(19)17-10-11-21(4)20)12-16(2,3)14-8-6-5-7-9-14/h5-9,13H,10-12H2,1-4H3,(H2,17,18,19). The van der Waals surface area contributed by atoms with E-state index in [1.165, 1.54) is 5.56 Å². The Hall–Kier alpha value is -1.36. The fraction of sp³-hybridized carbons (Fsp3) is 0.562. The number of hydrogen-bond acceptors (Lipinski definition) is 2. The highest BCUT2D eigenvalue weighted by Gasteiger charge is 2.23. The van der Waals surface area contributed by atoms with Crippen LogP contribution in [0.4, 0.5) is 4.79 Å². The first-order valence-electron chi connectivity index (χ1n) is 7.21. The zero-order valence-electron chi connectivity index (χ0n) is 13.3. The fourth-order valence-electron chi connectivity index (χ4n) is 2.41. The first kappa shape index (κ1) is 17.7. The van der Waals surface area contributed by atoms with E-state index in [0.717, 1.165) is 6.42 Å². The van der Waals surface area contributed by atoms with E-state index in [1.54, 1.807) is 6.26 Å². The van der Waals surface area contributed by atoms with E-state index in [-0.39, 0.29) is 17.5 Å². The van der Waals surface area contributed by atoms with Crippen molar-refractivity contribution in [3.8, 4) is 0 Å². The minimum atomic E-state index is -0.878. The van der Waals surface area contributed by atoms with Crippen molar-refractivity contribution >= 4 is 16.8 Å². The van der Waals surface area contributed by atoms with Crippen LogP contribution in [0, 0.1) is 0 Å². The van der Waals surface area contributed by atoms with Crippen LogP contribution in [-0.2, 0) is 16.2 Å². The summed E-state index contributed by atoms with van der Waals surface area (Å²) in [4.78, 5) is 11.7. The van der Waals surface area contributed by atoms with Crippen molar-refractivity contribution in [2.24, 2.45) is 0 Å². The molecule has 0 saturated heterocycles. The number of carbonyl (C=O) groups excluding carboxylic acids is 1. The van der Waals surface area contributed by atoms with Crippen molar-refractivity contribution in [3.63, 3.8) is 0 Å². The Balaban J connectivity index is 2.44. The van der Waals surface area contributed by atoms with E-state index in [2.05, 4.69) is 36.6 Å². The van der Waals surface area contributed by atoms with Crippen LogP contribution in [-0.4, -0.2) is 34.8 Å². The quantitative estimate of drug-likeness (QED) is 0.812. The number of amides is 2. The predicted octanol–water partition coefficient (Wildman–Crippen LogP) is 2.42. The van der Waals surface area contributed by atoms with Crippen LogP contribution in [0.3, 0.4) is 0 Å². The number of urea groups is 1. The third kappa shape index (κ3) is 6.76. The molecule has 0 aliphatic heterocycles. The molecule has 118 valence electrons. The summed E-state index contributed by atoms with van der Waals surface area (Å²) in [6.07, 6.45) is 2.48. The van der Waals surface area contributed by atoms with Crippen LogP contribution >= 0.6 is 0 Å². The maximum atomic E-state index is 11.7. The average Bonchev–Trinajstić information content (AvgIpc) is 2.38. The summed E-state index contributed by atoms with van der Waals surface area (Å²) in [6, 6.07) is 10.2. The molecule has 0 saturated carbocycles. The molecule has 2 unspecified atom stereocenters. The zero-order valence-corrected chi connectivity index (χ0v) is 14.1. The molecule has 1 aromatic carbocycles. The molecule has 0 aliphatic carbocycles. The summed E-state index contributed by atoms with van der Waals surface area (Å²) in [7, 11) is -0.878. The third-order valence-electron chi connectivity index (χ3n) is 3.42. The number of carbonyl (C=O) groups is 1.